The molecule has 0 saturated carbocycles. The lowest BCUT2D eigenvalue weighted by Crippen LogP contribution is -2.18. The monoisotopic (exact) mass is 213 g/mol. The molecule has 1 heterocycles. The molecule has 1 aromatic rings. The molecule has 0 aromatic carbocycles. The number of hydrogen-bond acceptors (Lipinski definition) is 3. The van der Waals surface area contributed by atoms with Gasteiger partial charge in [-0.3, -0.25) is 0 Å². The lowest BCUT2D eigenvalue weighted by atomic mass is 10.2. The standard InChI is InChI=1S/C10H16ClN3/c1-3-8(4-2)14-10-9(11)5-7(12)6-13-10/h5-6,8H,3-4,12H2,1-2H3,(H,13,14). The lowest BCUT2D eigenvalue weighted by molar-refractivity contribution is 0.668. The lowest BCUT2D eigenvalue weighted by Gasteiger charge is -2.16. The highest BCUT2D eigenvalue weighted by atomic mass is 35.5. The van der Waals surface area contributed by atoms with Crippen molar-refractivity contribution in [3.8, 4) is 0 Å². The highest BCUT2D eigenvalue weighted by Gasteiger charge is 2.07. The van der Waals surface area contributed by atoms with Crippen LogP contribution in [0.2, 0.25) is 5.02 Å². The van der Waals surface area contributed by atoms with Gasteiger partial charge in [0.15, 0.2) is 0 Å². The summed E-state index contributed by atoms with van der Waals surface area (Å²) in [4.78, 5) is 4.15. The Morgan fingerprint density at radius 2 is 2.14 bits per heavy atom. The molecule has 14 heavy (non-hydrogen) atoms. The van der Waals surface area contributed by atoms with Crippen LogP contribution in [0, 0.1) is 0 Å². The Morgan fingerprint density at radius 1 is 1.50 bits per heavy atom. The Bertz CT molecular complexity index is 297. The molecule has 0 fully saturated rings. The van der Waals surface area contributed by atoms with E-state index >= 15 is 0 Å². The molecule has 0 atom stereocenters. The number of aromatic nitrogens is 1. The van der Waals surface area contributed by atoms with E-state index in [4.69, 9.17) is 17.3 Å². The summed E-state index contributed by atoms with van der Waals surface area (Å²) in [6.07, 6.45) is 3.72. The number of pyridine rings is 1. The first-order valence-electron chi connectivity index (χ1n) is 4.84. The van der Waals surface area contributed by atoms with Crippen LogP contribution < -0.4 is 11.1 Å². The summed E-state index contributed by atoms with van der Waals surface area (Å²) < 4.78 is 0. The maximum absolute atomic E-state index is 5.98. The number of anilines is 2. The van der Waals surface area contributed by atoms with Gasteiger partial charge in [0.2, 0.25) is 0 Å². The van der Waals surface area contributed by atoms with E-state index in [0.717, 1.165) is 18.7 Å². The number of nitrogens with one attached hydrogen (secondary N) is 1. The zero-order valence-electron chi connectivity index (χ0n) is 8.55. The first-order valence-corrected chi connectivity index (χ1v) is 5.22. The van der Waals surface area contributed by atoms with Gasteiger partial charge in [0.1, 0.15) is 5.82 Å². The molecular formula is C10H16ClN3. The van der Waals surface area contributed by atoms with E-state index in [1.807, 2.05) is 0 Å². The molecule has 3 N–H and O–H groups in total. The van der Waals surface area contributed by atoms with Crippen molar-refractivity contribution in [2.24, 2.45) is 0 Å². The Morgan fingerprint density at radius 3 is 2.64 bits per heavy atom. The Labute approximate surface area is 89.7 Å². The van der Waals surface area contributed by atoms with E-state index in [0.29, 0.717) is 16.8 Å². The minimum atomic E-state index is 0.420. The third kappa shape index (κ3) is 2.77. The van der Waals surface area contributed by atoms with E-state index in [-0.39, 0.29) is 0 Å². The summed E-state index contributed by atoms with van der Waals surface area (Å²) in [5, 5.41) is 3.86. The van der Waals surface area contributed by atoms with Crippen LogP contribution in [-0.4, -0.2) is 11.0 Å². The second-order valence-electron chi connectivity index (χ2n) is 3.26. The van der Waals surface area contributed by atoms with E-state index in [1.54, 1.807) is 12.3 Å². The zero-order chi connectivity index (χ0) is 10.6. The van der Waals surface area contributed by atoms with Crippen molar-refractivity contribution in [3.63, 3.8) is 0 Å². The van der Waals surface area contributed by atoms with E-state index in [9.17, 15) is 0 Å². The number of rotatable bonds is 4. The van der Waals surface area contributed by atoms with Crippen LogP contribution in [0.4, 0.5) is 11.5 Å². The Kier molecular flexibility index (Phi) is 4.01. The van der Waals surface area contributed by atoms with Gasteiger partial charge in [-0.15, -0.1) is 0 Å². The number of hydrogen-bond donors (Lipinski definition) is 2. The molecule has 3 nitrogen and oxygen atoms in total. The van der Waals surface area contributed by atoms with Gasteiger partial charge < -0.3 is 11.1 Å². The van der Waals surface area contributed by atoms with Crippen LogP contribution in [0.15, 0.2) is 12.3 Å². The number of nitrogens with two attached hydrogens (primary N) is 1. The molecule has 0 aliphatic carbocycles. The Hall–Kier alpha value is -0.960. The second kappa shape index (κ2) is 5.05. The fourth-order valence-electron chi connectivity index (χ4n) is 1.25. The molecule has 0 bridgehead atoms. The largest absolute Gasteiger partial charge is 0.397 e. The van der Waals surface area contributed by atoms with Crippen molar-refractivity contribution in [1.29, 1.82) is 0 Å². The number of nitrogens with zero attached hydrogens (tertiary/aromatic N) is 1. The highest BCUT2D eigenvalue weighted by Crippen LogP contribution is 2.22. The molecule has 0 saturated heterocycles. The maximum Gasteiger partial charge on any atom is 0.145 e. The van der Waals surface area contributed by atoms with E-state index in [2.05, 4.69) is 24.1 Å². The average molecular weight is 214 g/mol. The molecule has 1 rings (SSSR count). The summed E-state index contributed by atoms with van der Waals surface area (Å²) in [7, 11) is 0. The van der Waals surface area contributed by atoms with Crippen molar-refractivity contribution in [1.82, 2.24) is 4.98 Å². The van der Waals surface area contributed by atoms with Crippen molar-refractivity contribution < 1.29 is 0 Å². The smallest absolute Gasteiger partial charge is 0.145 e. The summed E-state index contributed by atoms with van der Waals surface area (Å²) >= 11 is 5.98. The van der Waals surface area contributed by atoms with Crippen LogP contribution in [-0.2, 0) is 0 Å². The van der Waals surface area contributed by atoms with Crippen molar-refractivity contribution in [3.05, 3.63) is 17.3 Å². The normalized spacial score (nSPS) is 10.6. The van der Waals surface area contributed by atoms with Crippen LogP contribution in [0.25, 0.3) is 0 Å². The summed E-state index contributed by atoms with van der Waals surface area (Å²) in [6.45, 7) is 4.26. The SMILES string of the molecule is CCC(CC)Nc1ncc(N)cc1Cl. The molecule has 1 aromatic heterocycles. The van der Waals surface area contributed by atoms with Crippen molar-refractivity contribution in [2.75, 3.05) is 11.1 Å². The minimum absolute atomic E-state index is 0.420. The predicted octanol–water partition coefficient (Wildman–Crippen LogP) is 2.92. The van der Waals surface area contributed by atoms with E-state index < -0.39 is 0 Å². The molecule has 0 radical (unpaired) electrons. The van der Waals surface area contributed by atoms with Gasteiger partial charge >= 0.3 is 0 Å². The third-order valence-electron chi connectivity index (χ3n) is 2.19. The highest BCUT2D eigenvalue weighted by molar-refractivity contribution is 6.33. The number of halogens is 1. The molecule has 78 valence electrons. The predicted molar refractivity (Wildman–Crippen MR) is 61.7 cm³/mol. The quantitative estimate of drug-likeness (QED) is 0.809. The van der Waals surface area contributed by atoms with E-state index in [1.165, 1.54) is 0 Å². The first-order chi connectivity index (χ1) is 6.67. The zero-order valence-corrected chi connectivity index (χ0v) is 9.30. The van der Waals surface area contributed by atoms with Gasteiger partial charge in [0.05, 0.1) is 16.9 Å². The summed E-state index contributed by atoms with van der Waals surface area (Å²) in [5.74, 6) is 0.717. The van der Waals surface area contributed by atoms with Gasteiger partial charge in [-0.05, 0) is 18.9 Å². The molecule has 0 aliphatic rings. The molecule has 0 unspecified atom stereocenters. The van der Waals surface area contributed by atoms with Gasteiger partial charge in [-0.1, -0.05) is 25.4 Å². The van der Waals surface area contributed by atoms with Gasteiger partial charge in [0.25, 0.3) is 0 Å². The Balaban J connectivity index is 2.76. The van der Waals surface area contributed by atoms with Crippen molar-refractivity contribution in [2.45, 2.75) is 32.7 Å². The average Bonchev–Trinajstić information content (AvgIpc) is 2.17. The van der Waals surface area contributed by atoms with Gasteiger partial charge in [-0.2, -0.15) is 0 Å². The molecule has 4 heteroatoms. The fourth-order valence-corrected chi connectivity index (χ4v) is 1.47. The van der Waals surface area contributed by atoms with Gasteiger partial charge in [-0.25, -0.2) is 4.98 Å². The molecule has 0 spiro atoms. The minimum Gasteiger partial charge on any atom is -0.397 e. The van der Waals surface area contributed by atoms with Crippen LogP contribution in [0.1, 0.15) is 26.7 Å². The summed E-state index contributed by atoms with van der Waals surface area (Å²) in [5.41, 5.74) is 6.14. The van der Waals surface area contributed by atoms with Crippen LogP contribution in [0.5, 0.6) is 0 Å². The fraction of sp³-hybridized carbons (Fsp3) is 0.500. The maximum atomic E-state index is 5.98. The second-order valence-corrected chi connectivity index (χ2v) is 3.66. The van der Waals surface area contributed by atoms with Crippen molar-refractivity contribution >= 4 is 23.1 Å². The van der Waals surface area contributed by atoms with Crippen LogP contribution in [0.3, 0.4) is 0 Å². The topological polar surface area (TPSA) is 50.9 Å². The molecule has 0 amide bonds. The first kappa shape index (κ1) is 11.1. The summed E-state index contributed by atoms with van der Waals surface area (Å²) in [6, 6.07) is 2.13. The van der Waals surface area contributed by atoms with Gasteiger partial charge in [0, 0.05) is 6.04 Å². The van der Waals surface area contributed by atoms with Crippen LogP contribution >= 0.6 is 11.6 Å². The third-order valence-corrected chi connectivity index (χ3v) is 2.48. The molecular weight excluding hydrogens is 198 g/mol. The number of nitrogen functional groups attached to an aromatic ring is 1. The molecule has 0 aliphatic heterocycles.